The molecule has 0 saturated heterocycles. The van der Waals surface area contributed by atoms with Crippen LogP contribution in [0, 0.1) is 17.7 Å². The Kier molecular flexibility index (Phi) is 4.81. The molecule has 0 fully saturated rings. The molecule has 0 spiro atoms. The van der Waals surface area contributed by atoms with Crippen LogP contribution in [0.25, 0.3) is 0 Å². The van der Waals surface area contributed by atoms with Gasteiger partial charge in [-0.15, -0.1) is 5.92 Å². The first-order chi connectivity index (χ1) is 7.69. The topological polar surface area (TPSA) is 21.3 Å². The molecule has 0 radical (unpaired) electrons. The van der Waals surface area contributed by atoms with Crippen molar-refractivity contribution in [1.29, 1.82) is 0 Å². The van der Waals surface area contributed by atoms with Gasteiger partial charge in [-0.25, -0.2) is 4.39 Å². The largest absolute Gasteiger partial charge is 0.478 e. The van der Waals surface area contributed by atoms with Crippen molar-refractivity contribution in [2.75, 3.05) is 13.7 Å². The number of rotatable bonds is 4. The maximum atomic E-state index is 13.6. The van der Waals surface area contributed by atoms with E-state index in [9.17, 15) is 4.39 Å². The van der Waals surface area contributed by atoms with E-state index in [-0.39, 0.29) is 24.2 Å². The lowest BCUT2D eigenvalue weighted by Crippen LogP contribution is -2.12. The average molecular weight is 221 g/mol. The van der Waals surface area contributed by atoms with Crippen LogP contribution >= 0.6 is 0 Å². The van der Waals surface area contributed by atoms with Crippen molar-refractivity contribution in [3.8, 4) is 17.6 Å². The second kappa shape index (κ2) is 6.14. The maximum absolute atomic E-state index is 13.6. The highest BCUT2D eigenvalue weighted by Crippen LogP contribution is 2.21. The first-order valence-corrected chi connectivity index (χ1v) is 5.18. The van der Waals surface area contributed by atoms with Crippen LogP contribution in [0.15, 0.2) is 18.2 Å². The Balaban J connectivity index is 2.77. The fourth-order valence-corrected chi connectivity index (χ4v) is 1.26. The lowest BCUT2D eigenvalue weighted by atomic mass is 10.1. The van der Waals surface area contributed by atoms with Gasteiger partial charge in [-0.05, 0) is 38.6 Å². The zero-order valence-corrected chi connectivity index (χ0v) is 9.80. The minimum absolute atomic E-state index is 0.124. The number of hydrogen-bond donors (Lipinski definition) is 1. The Hall–Kier alpha value is -1.53. The van der Waals surface area contributed by atoms with Gasteiger partial charge in [0.05, 0.1) is 0 Å². The van der Waals surface area contributed by atoms with Crippen LogP contribution in [0.5, 0.6) is 5.75 Å². The molecule has 1 rings (SSSR count). The smallest absolute Gasteiger partial charge is 0.165 e. The van der Waals surface area contributed by atoms with E-state index in [1.54, 1.807) is 13.0 Å². The molecular weight excluding hydrogens is 205 g/mol. The van der Waals surface area contributed by atoms with E-state index >= 15 is 0 Å². The van der Waals surface area contributed by atoms with Crippen LogP contribution in [-0.2, 0) is 0 Å². The molecule has 2 nitrogen and oxygen atoms in total. The molecule has 16 heavy (non-hydrogen) atoms. The number of halogens is 1. The van der Waals surface area contributed by atoms with Crippen LogP contribution in [-0.4, -0.2) is 13.7 Å². The lowest BCUT2D eigenvalue weighted by molar-refractivity contribution is 0.347. The van der Waals surface area contributed by atoms with Crippen LogP contribution in [0.1, 0.15) is 25.5 Å². The quantitative estimate of drug-likeness (QED) is 0.789. The summed E-state index contributed by atoms with van der Waals surface area (Å²) in [5.41, 5.74) is 0.897. The molecule has 0 heterocycles. The summed E-state index contributed by atoms with van der Waals surface area (Å²) in [4.78, 5) is 0. The van der Waals surface area contributed by atoms with Gasteiger partial charge in [0.15, 0.2) is 11.6 Å². The van der Waals surface area contributed by atoms with Crippen molar-refractivity contribution in [3.63, 3.8) is 0 Å². The molecule has 0 bridgehead atoms. The molecule has 1 unspecified atom stereocenters. The van der Waals surface area contributed by atoms with Crippen molar-refractivity contribution in [1.82, 2.24) is 5.32 Å². The van der Waals surface area contributed by atoms with E-state index in [2.05, 4.69) is 17.2 Å². The Labute approximate surface area is 95.8 Å². The second-order valence-electron chi connectivity index (χ2n) is 3.42. The summed E-state index contributed by atoms with van der Waals surface area (Å²) in [7, 11) is 1.84. The van der Waals surface area contributed by atoms with Crippen molar-refractivity contribution in [2.45, 2.75) is 19.9 Å². The van der Waals surface area contributed by atoms with Crippen molar-refractivity contribution in [3.05, 3.63) is 29.6 Å². The van der Waals surface area contributed by atoms with E-state index in [0.717, 1.165) is 5.56 Å². The van der Waals surface area contributed by atoms with Crippen molar-refractivity contribution < 1.29 is 9.13 Å². The van der Waals surface area contributed by atoms with E-state index in [1.165, 1.54) is 6.07 Å². The summed E-state index contributed by atoms with van der Waals surface area (Å²) in [5.74, 6) is 5.31. The van der Waals surface area contributed by atoms with Crippen LogP contribution in [0.3, 0.4) is 0 Å². The van der Waals surface area contributed by atoms with Gasteiger partial charge in [0, 0.05) is 6.04 Å². The molecule has 0 aliphatic carbocycles. The van der Waals surface area contributed by atoms with E-state index in [4.69, 9.17) is 4.74 Å². The first kappa shape index (κ1) is 12.5. The van der Waals surface area contributed by atoms with Gasteiger partial charge in [-0.2, -0.15) is 0 Å². The van der Waals surface area contributed by atoms with E-state index in [1.807, 2.05) is 20.0 Å². The molecule has 0 aromatic heterocycles. The highest BCUT2D eigenvalue weighted by Gasteiger charge is 2.07. The third kappa shape index (κ3) is 3.25. The van der Waals surface area contributed by atoms with Crippen molar-refractivity contribution >= 4 is 0 Å². The van der Waals surface area contributed by atoms with Gasteiger partial charge in [0.1, 0.15) is 6.61 Å². The molecule has 86 valence electrons. The highest BCUT2D eigenvalue weighted by atomic mass is 19.1. The van der Waals surface area contributed by atoms with Crippen LogP contribution in [0.2, 0.25) is 0 Å². The summed E-state index contributed by atoms with van der Waals surface area (Å²) >= 11 is 0. The van der Waals surface area contributed by atoms with Gasteiger partial charge < -0.3 is 10.1 Å². The minimum atomic E-state index is -0.350. The standard InChI is InChI=1S/C13H16FNO/c1-4-5-8-16-13-7-6-11(9-12(13)14)10(2)15-3/h6-7,9-10,15H,8H2,1-3H3. The molecule has 1 N–H and O–H groups in total. The third-order valence-corrected chi connectivity index (χ3v) is 2.37. The number of ether oxygens (including phenoxy) is 1. The van der Waals surface area contributed by atoms with Gasteiger partial charge in [-0.1, -0.05) is 12.0 Å². The molecule has 0 aliphatic rings. The Morgan fingerprint density at radius 3 is 2.81 bits per heavy atom. The molecule has 3 heteroatoms. The molecule has 1 atom stereocenters. The molecule has 0 amide bonds. The molecule has 1 aromatic carbocycles. The second-order valence-corrected chi connectivity index (χ2v) is 3.42. The lowest BCUT2D eigenvalue weighted by Gasteiger charge is -2.12. The zero-order valence-electron chi connectivity index (χ0n) is 9.80. The molecule has 0 saturated carbocycles. The fraction of sp³-hybridized carbons (Fsp3) is 0.385. The van der Waals surface area contributed by atoms with Crippen molar-refractivity contribution in [2.24, 2.45) is 0 Å². The highest BCUT2D eigenvalue weighted by molar-refractivity contribution is 5.31. The fourth-order valence-electron chi connectivity index (χ4n) is 1.26. The van der Waals surface area contributed by atoms with E-state index < -0.39 is 0 Å². The summed E-state index contributed by atoms with van der Waals surface area (Å²) in [6.07, 6.45) is 0. The van der Waals surface area contributed by atoms with Gasteiger partial charge >= 0.3 is 0 Å². The van der Waals surface area contributed by atoms with Gasteiger partial charge in [0.25, 0.3) is 0 Å². The number of hydrogen-bond acceptors (Lipinski definition) is 2. The number of benzene rings is 1. The molecule has 1 aromatic rings. The SMILES string of the molecule is CC#CCOc1ccc(C(C)NC)cc1F. The minimum Gasteiger partial charge on any atom is -0.478 e. The van der Waals surface area contributed by atoms with Crippen LogP contribution < -0.4 is 10.1 Å². The summed E-state index contributed by atoms with van der Waals surface area (Å²) in [5, 5.41) is 3.05. The average Bonchev–Trinajstić information content (AvgIpc) is 2.30. The van der Waals surface area contributed by atoms with Gasteiger partial charge in [-0.3, -0.25) is 0 Å². The summed E-state index contributed by atoms with van der Waals surface area (Å²) in [6.45, 7) is 3.91. The predicted molar refractivity (Wildman–Crippen MR) is 62.8 cm³/mol. The first-order valence-electron chi connectivity index (χ1n) is 5.18. The normalized spacial score (nSPS) is 11.5. The Morgan fingerprint density at radius 1 is 1.50 bits per heavy atom. The Morgan fingerprint density at radius 2 is 2.25 bits per heavy atom. The maximum Gasteiger partial charge on any atom is 0.165 e. The Bertz CT molecular complexity index is 406. The predicted octanol–water partition coefficient (Wildman–Crippen LogP) is 2.51. The summed E-state index contributed by atoms with van der Waals surface area (Å²) < 4.78 is 18.7. The summed E-state index contributed by atoms with van der Waals surface area (Å²) in [6, 6.07) is 5.09. The zero-order chi connectivity index (χ0) is 12.0. The molecule has 0 aliphatic heterocycles. The monoisotopic (exact) mass is 221 g/mol. The molecular formula is C13H16FNO. The third-order valence-electron chi connectivity index (χ3n) is 2.37. The van der Waals surface area contributed by atoms with E-state index in [0.29, 0.717) is 0 Å². The van der Waals surface area contributed by atoms with Crippen LogP contribution in [0.4, 0.5) is 4.39 Å². The number of nitrogens with one attached hydrogen (secondary N) is 1. The van der Waals surface area contributed by atoms with Gasteiger partial charge in [0.2, 0.25) is 0 Å².